The molecule has 1 aromatic carbocycles. The van der Waals surface area contributed by atoms with Gasteiger partial charge >= 0.3 is 0 Å². The van der Waals surface area contributed by atoms with Crippen LogP contribution in [0.25, 0.3) is 0 Å². The molecule has 4 heteroatoms. The van der Waals surface area contributed by atoms with Gasteiger partial charge in [-0.3, -0.25) is 4.79 Å². The van der Waals surface area contributed by atoms with E-state index < -0.39 is 0 Å². The molecule has 18 heavy (non-hydrogen) atoms. The fourth-order valence-electron chi connectivity index (χ4n) is 2.69. The number of rotatable bonds is 1. The van der Waals surface area contributed by atoms with E-state index in [9.17, 15) is 4.79 Å². The molecular weight excluding hydrogens is 248 g/mol. The van der Waals surface area contributed by atoms with Crippen LogP contribution in [0.4, 0.5) is 5.69 Å². The van der Waals surface area contributed by atoms with Crippen LogP contribution in [0, 0.1) is 0 Å². The lowest BCUT2D eigenvalue weighted by molar-refractivity contribution is 0.0512. The third kappa shape index (κ3) is 2.46. The van der Waals surface area contributed by atoms with Crippen molar-refractivity contribution in [2.24, 2.45) is 0 Å². The van der Waals surface area contributed by atoms with Crippen LogP contribution >= 0.6 is 11.6 Å². The quantitative estimate of drug-likeness (QED) is 0.793. The molecule has 1 amide bonds. The van der Waals surface area contributed by atoms with E-state index >= 15 is 0 Å². The predicted molar refractivity (Wildman–Crippen MR) is 74.8 cm³/mol. The number of carbonyl (C=O) groups excluding carboxylic acids is 1. The predicted octanol–water partition coefficient (Wildman–Crippen LogP) is 3.33. The molecule has 0 aliphatic carbocycles. The first-order chi connectivity index (χ1) is 8.50. The SMILES string of the molecule is C[C@@H]1CCC[C@H](C)N1C(=O)c1ccc(Cl)cc1N. The van der Waals surface area contributed by atoms with Crippen molar-refractivity contribution in [3.8, 4) is 0 Å². The molecule has 3 nitrogen and oxygen atoms in total. The minimum atomic E-state index is 0.0175. The number of likely N-dealkylation sites (tertiary alicyclic amines) is 1. The molecule has 0 unspecified atom stereocenters. The highest BCUT2D eigenvalue weighted by Gasteiger charge is 2.30. The van der Waals surface area contributed by atoms with Crippen molar-refractivity contribution in [2.45, 2.75) is 45.2 Å². The monoisotopic (exact) mass is 266 g/mol. The number of nitrogens with two attached hydrogens (primary N) is 1. The van der Waals surface area contributed by atoms with Gasteiger partial charge in [-0.15, -0.1) is 0 Å². The lowest BCUT2D eigenvalue weighted by atomic mass is 9.96. The number of anilines is 1. The van der Waals surface area contributed by atoms with Gasteiger partial charge in [-0.05, 0) is 51.3 Å². The Balaban J connectivity index is 2.29. The largest absolute Gasteiger partial charge is 0.398 e. The highest BCUT2D eigenvalue weighted by atomic mass is 35.5. The average molecular weight is 267 g/mol. The summed E-state index contributed by atoms with van der Waals surface area (Å²) in [5.41, 5.74) is 6.90. The fraction of sp³-hybridized carbons (Fsp3) is 0.500. The number of nitrogen functional groups attached to an aromatic ring is 1. The zero-order valence-electron chi connectivity index (χ0n) is 10.8. The van der Waals surface area contributed by atoms with Gasteiger partial charge in [0.2, 0.25) is 0 Å². The number of hydrogen-bond donors (Lipinski definition) is 1. The van der Waals surface area contributed by atoms with E-state index in [1.807, 2.05) is 4.90 Å². The number of nitrogens with zero attached hydrogens (tertiary/aromatic N) is 1. The van der Waals surface area contributed by atoms with Crippen LogP contribution in [0.3, 0.4) is 0 Å². The number of amides is 1. The maximum Gasteiger partial charge on any atom is 0.256 e. The van der Waals surface area contributed by atoms with Gasteiger partial charge in [0.05, 0.1) is 5.56 Å². The van der Waals surface area contributed by atoms with Gasteiger partial charge in [0.15, 0.2) is 0 Å². The molecule has 1 saturated heterocycles. The molecule has 0 bridgehead atoms. The van der Waals surface area contributed by atoms with Crippen LogP contribution < -0.4 is 5.73 Å². The van der Waals surface area contributed by atoms with Gasteiger partial charge in [-0.25, -0.2) is 0 Å². The maximum absolute atomic E-state index is 12.6. The van der Waals surface area contributed by atoms with Crippen LogP contribution in [0.1, 0.15) is 43.5 Å². The van der Waals surface area contributed by atoms with E-state index in [1.165, 1.54) is 6.42 Å². The first-order valence-electron chi connectivity index (χ1n) is 6.38. The van der Waals surface area contributed by atoms with Crippen molar-refractivity contribution in [1.29, 1.82) is 0 Å². The number of hydrogen-bond acceptors (Lipinski definition) is 2. The standard InChI is InChI=1S/C14H19ClN2O/c1-9-4-3-5-10(2)17(9)14(18)12-7-6-11(15)8-13(12)16/h6-10H,3-5,16H2,1-2H3/t9-,10+. The molecular formula is C14H19ClN2O. The van der Waals surface area contributed by atoms with Gasteiger partial charge in [0.1, 0.15) is 0 Å². The molecule has 0 spiro atoms. The average Bonchev–Trinajstić information content (AvgIpc) is 2.28. The first kappa shape index (κ1) is 13.2. The third-order valence-electron chi connectivity index (χ3n) is 3.67. The normalized spacial score (nSPS) is 24.1. The van der Waals surface area contributed by atoms with E-state index in [1.54, 1.807) is 18.2 Å². The maximum atomic E-state index is 12.6. The van der Waals surface area contributed by atoms with Gasteiger partial charge in [-0.1, -0.05) is 11.6 Å². The van der Waals surface area contributed by atoms with Gasteiger partial charge in [0, 0.05) is 22.8 Å². The summed E-state index contributed by atoms with van der Waals surface area (Å²) in [6.07, 6.45) is 3.30. The van der Waals surface area contributed by atoms with Crippen LogP contribution in [0.5, 0.6) is 0 Å². The Morgan fingerprint density at radius 3 is 2.50 bits per heavy atom. The third-order valence-corrected chi connectivity index (χ3v) is 3.91. The molecule has 1 fully saturated rings. The summed E-state index contributed by atoms with van der Waals surface area (Å²) >= 11 is 5.86. The van der Waals surface area contributed by atoms with Crippen molar-refractivity contribution in [3.63, 3.8) is 0 Å². The summed E-state index contributed by atoms with van der Waals surface area (Å²) in [5, 5.41) is 0.559. The first-order valence-corrected chi connectivity index (χ1v) is 6.76. The van der Waals surface area contributed by atoms with E-state index in [2.05, 4.69) is 13.8 Å². The van der Waals surface area contributed by atoms with Gasteiger partial charge in [0.25, 0.3) is 5.91 Å². The minimum absolute atomic E-state index is 0.0175. The van der Waals surface area contributed by atoms with Crippen molar-refractivity contribution in [1.82, 2.24) is 4.90 Å². The Morgan fingerprint density at radius 1 is 1.33 bits per heavy atom. The summed E-state index contributed by atoms with van der Waals surface area (Å²) in [5.74, 6) is 0.0175. The Morgan fingerprint density at radius 2 is 1.94 bits per heavy atom. The molecule has 2 rings (SSSR count). The molecule has 0 saturated carbocycles. The smallest absolute Gasteiger partial charge is 0.256 e. The molecule has 2 N–H and O–H groups in total. The summed E-state index contributed by atoms with van der Waals surface area (Å²) in [6, 6.07) is 5.61. The number of carbonyl (C=O) groups is 1. The molecule has 0 aromatic heterocycles. The van der Waals surface area contributed by atoms with Crippen LogP contribution in [-0.4, -0.2) is 22.9 Å². The molecule has 1 aliphatic rings. The van der Waals surface area contributed by atoms with E-state index in [-0.39, 0.29) is 18.0 Å². The van der Waals surface area contributed by atoms with E-state index in [0.29, 0.717) is 16.3 Å². The van der Waals surface area contributed by atoms with Crippen molar-refractivity contribution < 1.29 is 4.79 Å². The molecule has 1 aromatic rings. The molecule has 98 valence electrons. The zero-order valence-corrected chi connectivity index (χ0v) is 11.6. The summed E-state index contributed by atoms with van der Waals surface area (Å²) < 4.78 is 0. The highest BCUT2D eigenvalue weighted by Crippen LogP contribution is 2.27. The van der Waals surface area contributed by atoms with E-state index in [0.717, 1.165) is 12.8 Å². The van der Waals surface area contributed by atoms with Crippen molar-refractivity contribution in [2.75, 3.05) is 5.73 Å². The lowest BCUT2D eigenvalue weighted by Crippen LogP contribution is -2.47. The minimum Gasteiger partial charge on any atom is -0.398 e. The second-order valence-electron chi connectivity index (χ2n) is 5.07. The van der Waals surface area contributed by atoms with Crippen LogP contribution in [0.2, 0.25) is 5.02 Å². The Hall–Kier alpha value is -1.22. The Labute approximate surface area is 113 Å². The summed E-state index contributed by atoms with van der Waals surface area (Å²) in [6.45, 7) is 4.19. The van der Waals surface area contributed by atoms with Crippen molar-refractivity contribution >= 4 is 23.2 Å². The second-order valence-corrected chi connectivity index (χ2v) is 5.51. The van der Waals surface area contributed by atoms with Crippen LogP contribution in [-0.2, 0) is 0 Å². The highest BCUT2D eigenvalue weighted by molar-refractivity contribution is 6.31. The molecule has 1 aliphatic heterocycles. The fourth-order valence-corrected chi connectivity index (χ4v) is 2.87. The zero-order chi connectivity index (χ0) is 13.3. The molecule has 0 radical (unpaired) electrons. The molecule has 1 heterocycles. The Bertz CT molecular complexity index is 451. The van der Waals surface area contributed by atoms with Crippen LogP contribution in [0.15, 0.2) is 18.2 Å². The van der Waals surface area contributed by atoms with Crippen molar-refractivity contribution in [3.05, 3.63) is 28.8 Å². The number of halogens is 1. The second kappa shape index (κ2) is 5.19. The molecule has 2 atom stereocenters. The number of piperidine rings is 1. The van der Waals surface area contributed by atoms with E-state index in [4.69, 9.17) is 17.3 Å². The Kier molecular flexibility index (Phi) is 3.81. The summed E-state index contributed by atoms with van der Waals surface area (Å²) in [7, 11) is 0. The summed E-state index contributed by atoms with van der Waals surface area (Å²) in [4.78, 5) is 14.5. The lowest BCUT2D eigenvalue weighted by Gasteiger charge is -2.39. The van der Waals surface area contributed by atoms with Gasteiger partial charge in [-0.2, -0.15) is 0 Å². The number of benzene rings is 1. The van der Waals surface area contributed by atoms with Gasteiger partial charge < -0.3 is 10.6 Å². The topological polar surface area (TPSA) is 46.3 Å².